The molecule has 6 nitrogen and oxygen atoms in total. The number of nitrogens with zero attached hydrogens (tertiary/aromatic N) is 3. The quantitative estimate of drug-likeness (QED) is 0.817. The fourth-order valence-corrected chi connectivity index (χ4v) is 3.29. The van der Waals surface area contributed by atoms with Crippen LogP contribution in [-0.4, -0.2) is 57.1 Å². The summed E-state index contributed by atoms with van der Waals surface area (Å²) in [7, 11) is 0. The van der Waals surface area contributed by atoms with Crippen molar-refractivity contribution in [2.24, 2.45) is 0 Å². The second kappa shape index (κ2) is 7.00. The minimum Gasteiger partial charge on any atom is -0.343 e. The molecular weight excluding hydrogens is 319 g/mol. The topological polar surface area (TPSA) is 86.1 Å². The van der Waals surface area contributed by atoms with E-state index < -0.39 is 0 Å². The van der Waals surface area contributed by atoms with Crippen LogP contribution in [0.15, 0.2) is 30.5 Å². The van der Waals surface area contributed by atoms with Crippen LogP contribution in [0.1, 0.15) is 23.2 Å². The van der Waals surface area contributed by atoms with Gasteiger partial charge in [-0.3, -0.25) is 14.6 Å². The van der Waals surface area contributed by atoms with Gasteiger partial charge in [0.1, 0.15) is 6.04 Å². The van der Waals surface area contributed by atoms with Crippen molar-refractivity contribution in [3.05, 3.63) is 36.0 Å². The van der Waals surface area contributed by atoms with E-state index in [1.807, 2.05) is 18.2 Å². The lowest BCUT2D eigenvalue weighted by atomic mass is 10.1. The van der Waals surface area contributed by atoms with E-state index in [0.717, 1.165) is 21.7 Å². The second-order valence-corrected chi connectivity index (χ2v) is 6.28. The lowest BCUT2D eigenvalue weighted by Gasteiger charge is -2.19. The van der Waals surface area contributed by atoms with Crippen molar-refractivity contribution in [3.63, 3.8) is 0 Å². The monoisotopic (exact) mass is 334 g/mol. The molecule has 0 bridgehead atoms. The van der Waals surface area contributed by atoms with Crippen LogP contribution in [-0.2, 0) is 4.79 Å². The normalized spacial score (nSPS) is 16.8. The van der Waals surface area contributed by atoms with E-state index in [1.165, 1.54) is 4.90 Å². The first-order valence-electron chi connectivity index (χ1n) is 7.72. The summed E-state index contributed by atoms with van der Waals surface area (Å²) in [6, 6.07) is 8.98. The Morgan fingerprint density at radius 1 is 1.42 bits per heavy atom. The van der Waals surface area contributed by atoms with Gasteiger partial charge in [-0.05, 0) is 18.9 Å². The third-order valence-corrected chi connectivity index (χ3v) is 4.64. The first-order valence-corrected chi connectivity index (χ1v) is 8.30. The van der Waals surface area contributed by atoms with Crippen molar-refractivity contribution in [3.8, 4) is 6.07 Å². The zero-order valence-corrected chi connectivity index (χ0v) is 14.2. The molecule has 1 saturated heterocycles. The Kier molecular flexibility index (Phi) is 4.80. The molecule has 1 fully saturated rings. The average Bonchev–Trinajstić information content (AvgIpc) is 3.08. The Bertz CT molecular complexity index is 846. The predicted octanol–water partition coefficient (Wildman–Crippen LogP) is 0.273. The summed E-state index contributed by atoms with van der Waals surface area (Å²) < 4.78 is 0.909. The van der Waals surface area contributed by atoms with Gasteiger partial charge in [0.05, 0.1) is 23.7 Å². The predicted molar refractivity (Wildman–Crippen MR) is 89.8 cm³/mol. The Labute approximate surface area is 147 Å². The van der Waals surface area contributed by atoms with E-state index in [1.54, 1.807) is 12.3 Å². The van der Waals surface area contributed by atoms with E-state index in [4.69, 9.17) is 5.26 Å². The summed E-state index contributed by atoms with van der Waals surface area (Å²) >= 11 is 2.60. The van der Waals surface area contributed by atoms with Crippen molar-refractivity contribution in [1.29, 1.82) is 5.26 Å². The minimum absolute atomic E-state index is 0.110. The summed E-state index contributed by atoms with van der Waals surface area (Å²) in [5.74, 6) is -0.545. The van der Waals surface area contributed by atoms with Crippen LogP contribution < -0.4 is 9.74 Å². The number of aromatic nitrogens is 1. The van der Waals surface area contributed by atoms with Crippen LogP contribution >= 0.6 is 0 Å². The molecule has 0 aliphatic carbocycles. The van der Waals surface area contributed by atoms with Crippen molar-refractivity contribution >= 4 is 43.4 Å². The maximum absolute atomic E-state index is 12.5. The van der Waals surface area contributed by atoms with Gasteiger partial charge in [0, 0.05) is 18.1 Å². The Balaban J connectivity index is 1.73. The minimum atomic E-state index is -0.379. The first kappa shape index (κ1) is 16.5. The number of rotatable bonds is 3. The number of hydrogen-bond donors (Lipinski definition) is 1. The zero-order chi connectivity index (χ0) is 17.1. The van der Waals surface area contributed by atoms with Crippen LogP contribution in [0.4, 0.5) is 0 Å². The summed E-state index contributed by atoms with van der Waals surface area (Å²) in [4.78, 5) is 30.5. The second-order valence-electron chi connectivity index (χ2n) is 5.66. The highest BCUT2D eigenvalue weighted by Gasteiger charge is 2.28. The number of likely N-dealkylation sites (tertiary alicyclic amines) is 1. The maximum atomic E-state index is 12.5. The number of amides is 2. The number of fused-ring (bicyclic) bond motifs is 1. The number of benzene rings is 1. The molecule has 1 atom stereocenters. The fraction of sp³-hybridized carbons (Fsp3) is 0.294. The molecule has 118 valence electrons. The molecule has 7 heteroatoms. The standard InChI is InChI=1S/C17H15N4O2.Al/c18-10-12-4-3-9-21(12)16(22)11-20-17(23)14-7-8-19-15-6-2-1-5-13(14)15;/h1-2,5,7-8,12H,3-4,9,11H2,(H,20,23);/t12-;/m0./s1. The molecule has 1 aromatic carbocycles. The highest BCUT2D eigenvalue weighted by molar-refractivity contribution is 6.38. The van der Waals surface area contributed by atoms with E-state index in [2.05, 4.69) is 32.7 Å². The molecule has 1 aliphatic rings. The number of pyridine rings is 1. The molecule has 1 aliphatic heterocycles. The number of carbonyl (C=O) groups excluding carboxylic acids is 2. The van der Waals surface area contributed by atoms with Gasteiger partial charge >= 0.3 is 0 Å². The van der Waals surface area contributed by atoms with E-state index in [-0.39, 0.29) is 24.4 Å². The number of nitriles is 1. The van der Waals surface area contributed by atoms with Gasteiger partial charge in [-0.25, -0.2) is 0 Å². The van der Waals surface area contributed by atoms with Crippen LogP contribution in [0.3, 0.4) is 0 Å². The van der Waals surface area contributed by atoms with Crippen molar-refractivity contribution in [2.45, 2.75) is 18.9 Å². The smallest absolute Gasteiger partial charge is 0.252 e. The van der Waals surface area contributed by atoms with Gasteiger partial charge in [0.25, 0.3) is 5.91 Å². The zero-order valence-electron chi connectivity index (χ0n) is 13.0. The molecule has 1 aromatic heterocycles. The molecular formula is C17H15AlN4O2. The van der Waals surface area contributed by atoms with Gasteiger partial charge in [0.2, 0.25) is 5.91 Å². The highest BCUT2D eigenvalue weighted by atomic mass is 27.0. The van der Waals surface area contributed by atoms with Gasteiger partial charge in [-0.1, -0.05) is 18.2 Å². The molecule has 0 unspecified atom stereocenters. The van der Waals surface area contributed by atoms with E-state index in [9.17, 15) is 9.59 Å². The van der Waals surface area contributed by atoms with E-state index >= 15 is 0 Å². The van der Waals surface area contributed by atoms with Crippen LogP contribution in [0.2, 0.25) is 0 Å². The number of carbonyl (C=O) groups is 2. The lowest BCUT2D eigenvalue weighted by Crippen LogP contribution is -2.42. The van der Waals surface area contributed by atoms with Gasteiger partial charge < -0.3 is 10.2 Å². The molecule has 0 saturated carbocycles. The average molecular weight is 334 g/mol. The summed E-state index contributed by atoms with van der Waals surface area (Å²) in [6.07, 6.45) is 3.10. The van der Waals surface area contributed by atoms with Gasteiger partial charge in [0.15, 0.2) is 16.3 Å². The third kappa shape index (κ3) is 3.12. The summed E-state index contributed by atoms with van der Waals surface area (Å²) in [5.41, 5.74) is 1.22. The Hall–Kier alpha value is -2.41. The van der Waals surface area contributed by atoms with Crippen LogP contribution in [0, 0.1) is 11.3 Å². The van der Waals surface area contributed by atoms with Crippen LogP contribution in [0.5, 0.6) is 0 Å². The summed E-state index contributed by atoms with van der Waals surface area (Å²) in [5, 5.41) is 12.4. The van der Waals surface area contributed by atoms with Gasteiger partial charge in [-0.2, -0.15) is 5.26 Å². The molecule has 24 heavy (non-hydrogen) atoms. The SMILES string of the molecule is N#C[C@@H]1CCCN1C(=O)CNC(=O)c1ccnc2[c]([Al])cccc12. The summed E-state index contributed by atoms with van der Waals surface area (Å²) in [6.45, 7) is 0.461. The number of para-hydroxylation sites is 1. The van der Waals surface area contributed by atoms with Crippen molar-refractivity contribution in [1.82, 2.24) is 15.2 Å². The molecule has 2 heterocycles. The fourth-order valence-electron chi connectivity index (χ4n) is 2.95. The van der Waals surface area contributed by atoms with E-state index in [0.29, 0.717) is 18.5 Å². The number of hydrogen-bond acceptors (Lipinski definition) is 4. The largest absolute Gasteiger partial charge is 0.343 e. The Morgan fingerprint density at radius 2 is 2.25 bits per heavy atom. The highest BCUT2D eigenvalue weighted by Crippen LogP contribution is 2.17. The molecule has 3 rings (SSSR count). The molecule has 2 amide bonds. The van der Waals surface area contributed by atoms with Crippen molar-refractivity contribution < 1.29 is 9.59 Å². The van der Waals surface area contributed by atoms with Crippen LogP contribution in [0.25, 0.3) is 10.9 Å². The third-order valence-electron chi connectivity index (χ3n) is 4.17. The molecule has 0 spiro atoms. The number of nitrogens with one attached hydrogen (secondary N) is 1. The molecule has 2 radical (unpaired) electrons. The van der Waals surface area contributed by atoms with Gasteiger partial charge in [-0.15, -0.1) is 4.43 Å². The van der Waals surface area contributed by atoms with Crippen molar-refractivity contribution in [2.75, 3.05) is 13.1 Å². The molecule has 1 N–H and O–H groups in total. The maximum Gasteiger partial charge on any atom is 0.252 e. The lowest BCUT2D eigenvalue weighted by molar-refractivity contribution is -0.130. The Morgan fingerprint density at radius 3 is 3.04 bits per heavy atom. The first-order chi connectivity index (χ1) is 11.6. The molecule has 2 aromatic rings.